The van der Waals surface area contributed by atoms with Crippen molar-refractivity contribution < 1.29 is 14.3 Å². The minimum Gasteiger partial charge on any atom is -0.483 e. The van der Waals surface area contributed by atoms with Crippen molar-refractivity contribution >= 4 is 60.4 Å². The predicted molar refractivity (Wildman–Crippen MR) is 121 cm³/mol. The van der Waals surface area contributed by atoms with Crippen molar-refractivity contribution in [3.63, 3.8) is 0 Å². The number of anilines is 2. The van der Waals surface area contributed by atoms with Crippen LogP contribution in [0.15, 0.2) is 35.8 Å². The number of nitrogens with zero attached hydrogens (tertiary/aromatic N) is 3. The molecule has 1 saturated heterocycles. The topological polar surface area (TPSA) is 76.6 Å². The number of hydrogen-bond acceptors (Lipinski definition) is 8. The molecule has 1 aliphatic rings. The highest BCUT2D eigenvalue weighted by molar-refractivity contribution is 7.21. The number of thiazole rings is 1. The molecule has 0 unspecified atom stereocenters. The van der Waals surface area contributed by atoms with E-state index in [-0.39, 0.29) is 12.5 Å². The first-order chi connectivity index (χ1) is 14.7. The average Bonchev–Trinajstić information content (AvgIpc) is 3.39. The number of rotatable bonds is 5. The van der Waals surface area contributed by atoms with E-state index < -0.39 is 0 Å². The predicted octanol–water partition coefficient (Wildman–Crippen LogP) is 4.07. The first-order valence-electron chi connectivity index (χ1n) is 9.66. The van der Waals surface area contributed by atoms with E-state index in [4.69, 9.17) is 9.47 Å². The number of carbonyl (C=O) groups excluding carboxylic acids is 1. The van der Waals surface area contributed by atoms with E-state index in [1.807, 2.05) is 36.6 Å². The van der Waals surface area contributed by atoms with Crippen LogP contribution in [0.3, 0.4) is 0 Å². The van der Waals surface area contributed by atoms with Gasteiger partial charge in [0.1, 0.15) is 11.6 Å². The molecule has 0 aliphatic carbocycles. The minimum absolute atomic E-state index is 0.0700. The summed E-state index contributed by atoms with van der Waals surface area (Å²) in [5.41, 5.74) is 1.65. The van der Waals surface area contributed by atoms with Crippen LogP contribution in [0.4, 0.5) is 11.5 Å². The Bertz CT molecular complexity index is 1200. The molecule has 30 heavy (non-hydrogen) atoms. The number of pyridine rings is 1. The van der Waals surface area contributed by atoms with Gasteiger partial charge in [0.2, 0.25) is 0 Å². The maximum absolute atomic E-state index is 12.4. The van der Waals surface area contributed by atoms with Crippen LogP contribution >= 0.6 is 22.7 Å². The van der Waals surface area contributed by atoms with Gasteiger partial charge in [-0.15, -0.1) is 22.7 Å². The highest BCUT2D eigenvalue weighted by Crippen LogP contribution is 2.38. The van der Waals surface area contributed by atoms with Gasteiger partial charge in [0.25, 0.3) is 5.91 Å². The monoisotopic (exact) mass is 440 g/mol. The number of aromatic nitrogens is 2. The summed E-state index contributed by atoms with van der Waals surface area (Å²) in [5, 5.41) is 6.87. The van der Waals surface area contributed by atoms with E-state index in [1.165, 1.54) is 0 Å². The van der Waals surface area contributed by atoms with Gasteiger partial charge in [0.05, 0.1) is 45.0 Å². The summed E-state index contributed by atoms with van der Waals surface area (Å²) in [5.74, 6) is 1.37. The zero-order valence-corrected chi connectivity index (χ0v) is 18.0. The van der Waals surface area contributed by atoms with Crippen molar-refractivity contribution in [1.82, 2.24) is 9.97 Å². The van der Waals surface area contributed by atoms with Crippen molar-refractivity contribution in [1.29, 1.82) is 0 Å². The van der Waals surface area contributed by atoms with Gasteiger partial charge >= 0.3 is 0 Å². The number of benzene rings is 1. The highest BCUT2D eigenvalue weighted by atomic mass is 32.1. The molecule has 1 aromatic carbocycles. The molecule has 1 aliphatic heterocycles. The maximum Gasteiger partial charge on any atom is 0.262 e. The van der Waals surface area contributed by atoms with Gasteiger partial charge in [-0.2, -0.15) is 0 Å². The second-order valence-electron chi connectivity index (χ2n) is 6.96. The van der Waals surface area contributed by atoms with Crippen molar-refractivity contribution in [2.24, 2.45) is 0 Å². The summed E-state index contributed by atoms with van der Waals surface area (Å²) in [7, 11) is 0. The second-order valence-corrected chi connectivity index (χ2v) is 9.11. The lowest BCUT2D eigenvalue weighted by Gasteiger charge is -2.27. The lowest BCUT2D eigenvalue weighted by atomic mass is 10.2. The van der Waals surface area contributed by atoms with E-state index >= 15 is 0 Å². The fourth-order valence-electron chi connectivity index (χ4n) is 3.49. The van der Waals surface area contributed by atoms with E-state index in [0.29, 0.717) is 24.7 Å². The van der Waals surface area contributed by atoms with Crippen LogP contribution in [-0.2, 0) is 9.53 Å². The molecule has 5 rings (SSSR count). The molecule has 0 radical (unpaired) electrons. The summed E-state index contributed by atoms with van der Waals surface area (Å²) >= 11 is 3.27. The molecule has 0 saturated carbocycles. The lowest BCUT2D eigenvalue weighted by molar-refractivity contribution is -0.118. The third-order valence-electron chi connectivity index (χ3n) is 4.89. The molecule has 1 N–H and O–H groups in total. The van der Waals surface area contributed by atoms with Gasteiger partial charge in [-0.25, -0.2) is 9.97 Å². The third kappa shape index (κ3) is 3.83. The van der Waals surface area contributed by atoms with Gasteiger partial charge in [-0.1, -0.05) is 0 Å². The van der Waals surface area contributed by atoms with Gasteiger partial charge in [0.15, 0.2) is 6.61 Å². The SMILES string of the molecule is Cc1nc2c(cc(OCC(=O)Nc3ccc(N4CCOCC4)nc3)c3ccsc32)s1. The zero-order chi connectivity index (χ0) is 20.5. The number of fused-ring (bicyclic) bond motifs is 3. The fourth-order valence-corrected chi connectivity index (χ4v) is 5.32. The Kier molecular flexibility index (Phi) is 5.24. The first kappa shape index (κ1) is 19.2. The van der Waals surface area contributed by atoms with Crippen LogP contribution in [0.1, 0.15) is 5.01 Å². The lowest BCUT2D eigenvalue weighted by Crippen LogP contribution is -2.36. The van der Waals surface area contributed by atoms with E-state index in [1.54, 1.807) is 28.9 Å². The quantitative estimate of drug-likeness (QED) is 0.504. The number of thiophene rings is 1. The Hall–Kier alpha value is -2.75. The zero-order valence-electron chi connectivity index (χ0n) is 16.4. The van der Waals surface area contributed by atoms with Crippen LogP contribution in [0, 0.1) is 6.92 Å². The maximum atomic E-state index is 12.4. The molecule has 1 fully saturated rings. The molecular weight excluding hydrogens is 420 g/mol. The van der Waals surface area contributed by atoms with E-state index in [9.17, 15) is 4.79 Å². The third-order valence-corrected chi connectivity index (χ3v) is 6.73. The van der Waals surface area contributed by atoms with Gasteiger partial charge in [-0.3, -0.25) is 4.79 Å². The number of aryl methyl sites for hydroxylation is 1. The van der Waals surface area contributed by atoms with Crippen LogP contribution in [0.5, 0.6) is 5.75 Å². The van der Waals surface area contributed by atoms with Crippen LogP contribution in [0.2, 0.25) is 0 Å². The van der Waals surface area contributed by atoms with E-state index in [0.717, 1.165) is 44.2 Å². The number of nitrogens with one attached hydrogen (secondary N) is 1. The molecule has 3 aromatic heterocycles. The molecule has 7 nitrogen and oxygen atoms in total. The molecule has 0 bridgehead atoms. The highest BCUT2D eigenvalue weighted by Gasteiger charge is 2.15. The molecule has 1 amide bonds. The number of hydrogen-bond donors (Lipinski definition) is 1. The van der Waals surface area contributed by atoms with Gasteiger partial charge < -0.3 is 19.7 Å². The number of carbonyl (C=O) groups is 1. The van der Waals surface area contributed by atoms with Gasteiger partial charge in [0, 0.05) is 24.5 Å². The van der Waals surface area contributed by atoms with Crippen molar-refractivity contribution in [2.75, 3.05) is 43.1 Å². The van der Waals surface area contributed by atoms with E-state index in [2.05, 4.69) is 20.2 Å². The van der Waals surface area contributed by atoms with Crippen LogP contribution in [0.25, 0.3) is 20.3 Å². The molecule has 154 valence electrons. The average molecular weight is 441 g/mol. The number of ether oxygens (including phenoxy) is 2. The number of morpholine rings is 1. The largest absolute Gasteiger partial charge is 0.483 e. The second kappa shape index (κ2) is 8.17. The molecule has 0 atom stereocenters. The standard InChI is InChI=1S/C21H20N4O3S2/c1-13-23-20-17(30-13)10-16(15-4-9-29-21(15)20)28-12-19(26)24-14-2-3-18(22-11-14)25-5-7-27-8-6-25/h2-4,9-11H,5-8,12H2,1H3,(H,24,26). The van der Waals surface area contributed by atoms with Crippen LogP contribution < -0.4 is 15.0 Å². The summed E-state index contributed by atoms with van der Waals surface area (Å²) in [6, 6.07) is 7.76. The van der Waals surface area contributed by atoms with Crippen LogP contribution in [-0.4, -0.2) is 48.8 Å². The van der Waals surface area contributed by atoms with Gasteiger partial charge in [-0.05, 0) is 30.5 Å². The fraction of sp³-hybridized carbons (Fsp3) is 0.286. The Balaban J connectivity index is 1.25. The molecule has 9 heteroatoms. The van der Waals surface area contributed by atoms with Crippen molar-refractivity contribution in [3.05, 3.63) is 40.8 Å². The summed E-state index contributed by atoms with van der Waals surface area (Å²) in [6.07, 6.45) is 1.67. The smallest absolute Gasteiger partial charge is 0.262 e. The number of amides is 1. The molecular formula is C21H20N4O3S2. The Morgan fingerprint density at radius 3 is 2.97 bits per heavy atom. The Morgan fingerprint density at radius 2 is 2.17 bits per heavy atom. The molecule has 0 spiro atoms. The normalized spacial score (nSPS) is 14.4. The summed E-state index contributed by atoms with van der Waals surface area (Å²) < 4.78 is 13.4. The molecule has 4 aromatic rings. The summed E-state index contributed by atoms with van der Waals surface area (Å²) in [4.78, 5) is 23.7. The Labute approximate surface area is 181 Å². The summed E-state index contributed by atoms with van der Waals surface area (Å²) in [6.45, 7) is 5.00. The van der Waals surface area contributed by atoms with Crippen molar-refractivity contribution in [3.8, 4) is 5.75 Å². The molecule has 4 heterocycles. The Morgan fingerprint density at radius 1 is 1.30 bits per heavy atom. The van der Waals surface area contributed by atoms with Crippen molar-refractivity contribution in [2.45, 2.75) is 6.92 Å². The minimum atomic E-state index is -0.222. The first-order valence-corrected chi connectivity index (χ1v) is 11.4.